The molecule has 0 saturated heterocycles. The number of carbonyl (C=O) groups excluding carboxylic acids is 1. The summed E-state index contributed by atoms with van der Waals surface area (Å²) in [5.41, 5.74) is 9.04. The molecule has 2 N–H and O–H groups in total. The fraction of sp³-hybridized carbons (Fsp3) is 0.188. The number of aromatic nitrogens is 2. The first kappa shape index (κ1) is 14.7. The van der Waals surface area contributed by atoms with E-state index in [2.05, 4.69) is 16.5 Å². The SMILES string of the molecule is C=C(C)c1c(N)nc(-c2ccc(C)cc2)nc1C(=O)OC. The highest BCUT2D eigenvalue weighted by atomic mass is 16.5. The lowest BCUT2D eigenvalue weighted by Crippen LogP contribution is -2.13. The molecule has 0 bridgehead atoms. The van der Waals surface area contributed by atoms with Crippen LogP contribution in [0.3, 0.4) is 0 Å². The van der Waals surface area contributed by atoms with Crippen molar-refractivity contribution in [1.82, 2.24) is 9.97 Å². The van der Waals surface area contributed by atoms with Gasteiger partial charge in [0.1, 0.15) is 5.82 Å². The summed E-state index contributed by atoms with van der Waals surface area (Å²) in [5.74, 6) is 0.0434. The summed E-state index contributed by atoms with van der Waals surface area (Å²) in [6.45, 7) is 7.54. The van der Waals surface area contributed by atoms with Crippen molar-refractivity contribution in [3.8, 4) is 11.4 Å². The van der Waals surface area contributed by atoms with Crippen LogP contribution in [0.1, 0.15) is 28.5 Å². The fourth-order valence-corrected chi connectivity index (χ4v) is 1.97. The third-order valence-electron chi connectivity index (χ3n) is 3.05. The number of hydrogen-bond donors (Lipinski definition) is 1. The highest BCUT2D eigenvalue weighted by molar-refractivity contribution is 5.95. The van der Waals surface area contributed by atoms with Crippen molar-refractivity contribution in [3.63, 3.8) is 0 Å². The molecule has 2 rings (SSSR count). The molecule has 5 nitrogen and oxygen atoms in total. The minimum Gasteiger partial charge on any atom is -0.464 e. The Bertz CT molecular complexity index is 706. The van der Waals surface area contributed by atoms with Gasteiger partial charge in [0.15, 0.2) is 11.5 Å². The summed E-state index contributed by atoms with van der Waals surface area (Å²) in [7, 11) is 1.30. The molecule has 0 saturated carbocycles. The van der Waals surface area contributed by atoms with E-state index >= 15 is 0 Å². The average Bonchev–Trinajstić information content (AvgIpc) is 2.45. The first-order chi connectivity index (χ1) is 9.93. The van der Waals surface area contributed by atoms with Crippen molar-refractivity contribution in [2.24, 2.45) is 0 Å². The van der Waals surface area contributed by atoms with Crippen molar-refractivity contribution >= 4 is 17.4 Å². The molecule has 2 aromatic rings. The van der Waals surface area contributed by atoms with Crippen molar-refractivity contribution in [1.29, 1.82) is 0 Å². The summed E-state index contributed by atoms with van der Waals surface area (Å²) in [6.07, 6.45) is 0. The van der Waals surface area contributed by atoms with E-state index in [0.717, 1.165) is 11.1 Å². The van der Waals surface area contributed by atoms with E-state index in [1.807, 2.05) is 31.2 Å². The highest BCUT2D eigenvalue weighted by Gasteiger charge is 2.20. The maximum atomic E-state index is 11.9. The minimum absolute atomic E-state index is 0.132. The third-order valence-corrected chi connectivity index (χ3v) is 3.05. The number of ether oxygens (including phenoxy) is 1. The Hall–Kier alpha value is -2.69. The van der Waals surface area contributed by atoms with Crippen LogP contribution < -0.4 is 5.73 Å². The molecular weight excluding hydrogens is 266 g/mol. The first-order valence-corrected chi connectivity index (χ1v) is 6.42. The van der Waals surface area contributed by atoms with Crippen molar-refractivity contribution < 1.29 is 9.53 Å². The normalized spacial score (nSPS) is 10.2. The Kier molecular flexibility index (Phi) is 4.03. The molecule has 1 aromatic carbocycles. The molecule has 0 aliphatic carbocycles. The van der Waals surface area contributed by atoms with Crippen LogP contribution in [0.4, 0.5) is 5.82 Å². The van der Waals surface area contributed by atoms with Crippen LogP contribution in [0.5, 0.6) is 0 Å². The van der Waals surface area contributed by atoms with E-state index in [4.69, 9.17) is 10.5 Å². The number of nitrogens with zero attached hydrogens (tertiary/aromatic N) is 2. The number of anilines is 1. The minimum atomic E-state index is -0.560. The number of hydrogen-bond acceptors (Lipinski definition) is 5. The standard InChI is InChI=1S/C16H17N3O2/c1-9(2)12-13(16(20)21-4)18-15(19-14(12)17)11-7-5-10(3)6-8-11/h5-8H,1H2,2-4H3,(H2,17,18,19). The van der Waals surface area contributed by atoms with Gasteiger partial charge in [0.25, 0.3) is 0 Å². The van der Waals surface area contributed by atoms with E-state index < -0.39 is 5.97 Å². The molecule has 108 valence electrons. The van der Waals surface area contributed by atoms with Gasteiger partial charge in [0.2, 0.25) is 0 Å². The van der Waals surface area contributed by atoms with Gasteiger partial charge in [0, 0.05) is 5.56 Å². The van der Waals surface area contributed by atoms with E-state index in [1.54, 1.807) is 6.92 Å². The van der Waals surface area contributed by atoms with Gasteiger partial charge >= 0.3 is 5.97 Å². The first-order valence-electron chi connectivity index (χ1n) is 6.42. The van der Waals surface area contributed by atoms with Crippen molar-refractivity contribution in [2.45, 2.75) is 13.8 Å². The second-order valence-corrected chi connectivity index (χ2v) is 4.79. The maximum Gasteiger partial charge on any atom is 0.357 e. The largest absolute Gasteiger partial charge is 0.464 e. The second kappa shape index (κ2) is 5.75. The van der Waals surface area contributed by atoms with Gasteiger partial charge in [-0.25, -0.2) is 14.8 Å². The number of nitrogens with two attached hydrogens (primary N) is 1. The summed E-state index contributed by atoms with van der Waals surface area (Å²) in [4.78, 5) is 20.5. The molecule has 0 atom stereocenters. The van der Waals surface area contributed by atoms with Crippen LogP contribution in [0.2, 0.25) is 0 Å². The Morgan fingerprint density at radius 1 is 1.24 bits per heavy atom. The number of rotatable bonds is 3. The lowest BCUT2D eigenvalue weighted by atomic mass is 10.1. The Morgan fingerprint density at radius 2 is 1.86 bits per heavy atom. The number of carbonyl (C=O) groups is 1. The molecule has 0 spiro atoms. The summed E-state index contributed by atoms with van der Waals surface area (Å²) in [5, 5.41) is 0. The van der Waals surface area contributed by atoms with Crippen LogP contribution in [0.25, 0.3) is 17.0 Å². The molecule has 0 aliphatic rings. The van der Waals surface area contributed by atoms with Crippen LogP contribution in [-0.2, 0) is 4.74 Å². The molecular formula is C16H17N3O2. The molecule has 5 heteroatoms. The molecule has 0 fully saturated rings. The summed E-state index contributed by atoms with van der Waals surface area (Å²) >= 11 is 0. The van der Waals surface area contributed by atoms with E-state index in [-0.39, 0.29) is 11.5 Å². The fourth-order valence-electron chi connectivity index (χ4n) is 1.97. The van der Waals surface area contributed by atoms with Crippen LogP contribution in [0, 0.1) is 6.92 Å². The number of methoxy groups -OCH3 is 1. The number of aryl methyl sites for hydroxylation is 1. The topological polar surface area (TPSA) is 78.1 Å². The lowest BCUT2D eigenvalue weighted by Gasteiger charge is -2.11. The smallest absolute Gasteiger partial charge is 0.357 e. The molecule has 1 heterocycles. The summed E-state index contributed by atoms with van der Waals surface area (Å²) < 4.78 is 4.77. The number of esters is 1. The number of allylic oxidation sites excluding steroid dienone is 1. The van der Waals surface area contributed by atoms with Gasteiger partial charge in [-0.15, -0.1) is 0 Å². The van der Waals surface area contributed by atoms with Crippen molar-refractivity contribution in [3.05, 3.63) is 47.7 Å². The predicted octanol–water partition coefficient (Wildman–Crippen LogP) is 2.85. The van der Waals surface area contributed by atoms with Crippen LogP contribution in [0.15, 0.2) is 30.8 Å². The molecule has 21 heavy (non-hydrogen) atoms. The molecule has 0 amide bonds. The maximum absolute atomic E-state index is 11.9. The zero-order chi connectivity index (χ0) is 15.6. The van der Waals surface area contributed by atoms with Gasteiger partial charge in [-0.2, -0.15) is 0 Å². The van der Waals surface area contributed by atoms with Gasteiger partial charge in [-0.05, 0) is 19.4 Å². The molecule has 0 aliphatic heterocycles. The highest BCUT2D eigenvalue weighted by Crippen LogP contribution is 2.26. The van der Waals surface area contributed by atoms with Crippen LogP contribution >= 0.6 is 0 Å². The Morgan fingerprint density at radius 3 is 2.38 bits per heavy atom. The van der Waals surface area contributed by atoms with Gasteiger partial charge in [-0.3, -0.25) is 0 Å². The van der Waals surface area contributed by atoms with Gasteiger partial charge in [0.05, 0.1) is 12.7 Å². The lowest BCUT2D eigenvalue weighted by molar-refractivity contribution is 0.0593. The average molecular weight is 283 g/mol. The Balaban J connectivity index is 2.65. The second-order valence-electron chi connectivity index (χ2n) is 4.79. The van der Waals surface area contributed by atoms with Gasteiger partial charge in [-0.1, -0.05) is 36.4 Å². The zero-order valence-corrected chi connectivity index (χ0v) is 12.3. The predicted molar refractivity (Wildman–Crippen MR) is 82.7 cm³/mol. The monoisotopic (exact) mass is 283 g/mol. The quantitative estimate of drug-likeness (QED) is 0.876. The summed E-state index contributed by atoms with van der Waals surface area (Å²) in [6, 6.07) is 7.65. The van der Waals surface area contributed by atoms with E-state index in [9.17, 15) is 4.79 Å². The number of nitrogen functional groups attached to an aromatic ring is 1. The van der Waals surface area contributed by atoms with E-state index in [1.165, 1.54) is 7.11 Å². The Labute approximate surface area is 123 Å². The van der Waals surface area contributed by atoms with E-state index in [0.29, 0.717) is 17.0 Å². The van der Waals surface area contributed by atoms with Crippen LogP contribution in [-0.4, -0.2) is 23.0 Å². The van der Waals surface area contributed by atoms with Crippen molar-refractivity contribution in [2.75, 3.05) is 12.8 Å². The third kappa shape index (κ3) is 2.91. The molecule has 0 radical (unpaired) electrons. The molecule has 0 unspecified atom stereocenters. The molecule has 1 aromatic heterocycles. The van der Waals surface area contributed by atoms with Gasteiger partial charge < -0.3 is 10.5 Å². The number of benzene rings is 1. The zero-order valence-electron chi connectivity index (χ0n) is 12.3.